The molecular formula is C25H30N6O2. The number of hydrogen-bond acceptors (Lipinski definition) is 4. The smallest absolute Gasteiger partial charge is 0.317 e. The number of carbonyl (C=O) groups is 2. The van der Waals surface area contributed by atoms with Crippen LogP contribution in [0, 0.1) is 0 Å². The van der Waals surface area contributed by atoms with Gasteiger partial charge in [-0.2, -0.15) is 5.10 Å². The highest BCUT2D eigenvalue weighted by molar-refractivity contribution is 5.90. The predicted molar refractivity (Wildman–Crippen MR) is 129 cm³/mol. The molecule has 1 saturated heterocycles. The van der Waals surface area contributed by atoms with Gasteiger partial charge in [0, 0.05) is 50.5 Å². The van der Waals surface area contributed by atoms with Gasteiger partial charge in [0.25, 0.3) is 0 Å². The molecule has 172 valence electrons. The van der Waals surface area contributed by atoms with Gasteiger partial charge in [-0.05, 0) is 48.7 Å². The molecule has 0 radical (unpaired) electrons. The molecule has 1 atom stereocenters. The van der Waals surface area contributed by atoms with Gasteiger partial charge in [0.1, 0.15) is 6.54 Å². The molecule has 0 aliphatic carbocycles. The van der Waals surface area contributed by atoms with Gasteiger partial charge in [-0.1, -0.05) is 30.3 Å². The Morgan fingerprint density at radius 2 is 1.97 bits per heavy atom. The summed E-state index contributed by atoms with van der Waals surface area (Å²) in [6, 6.07) is 19.7. The van der Waals surface area contributed by atoms with Crippen LogP contribution in [0.4, 0.5) is 16.2 Å². The van der Waals surface area contributed by atoms with Crippen LogP contribution in [0.15, 0.2) is 73.1 Å². The van der Waals surface area contributed by atoms with Crippen LogP contribution in [0.1, 0.15) is 18.4 Å². The number of hydrogen-bond donors (Lipinski definition) is 2. The van der Waals surface area contributed by atoms with Gasteiger partial charge < -0.3 is 20.4 Å². The molecule has 0 bridgehead atoms. The fraction of sp³-hybridized carbons (Fsp3) is 0.320. The van der Waals surface area contributed by atoms with Crippen molar-refractivity contribution in [2.75, 3.05) is 30.4 Å². The van der Waals surface area contributed by atoms with Crippen molar-refractivity contribution in [2.45, 2.75) is 32.0 Å². The molecule has 0 saturated carbocycles. The van der Waals surface area contributed by atoms with E-state index in [1.165, 1.54) is 5.69 Å². The summed E-state index contributed by atoms with van der Waals surface area (Å²) >= 11 is 0. The Kier molecular flexibility index (Phi) is 7.24. The summed E-state index contributed by atoms with van der Waals surface area (Å²) in [6.45, 7) is 2.38. The zero-order chi connectivity index (χ0) is 23.0. The molecule has 1 aliphatic rings. The van der Waals surface area contributed by atoms with Gasteiger partial charge in [0.05, 0.1) is 6.04 Å². The Morgan fingerprint density at radius 1 is 1.12 bits per heavy atom. The quantitative estimate of drug-likeness (QED) is 0.583. The molecule has 1 aliphatic heterocycles. The van der Waals surface area contributed by atoms with Gasteiger partial charge in [-0.3, -0.25) is 9.48 Å². The first kappa shape index (κ1) is 22.4. The third kappa shape index (κ3) is 6.12. The van der Waals surface area contributed by atoms with E-state index in [0.717, 1.165) is 31.5 Å². The zero-order valence-electron chi connectivity index (χ0n) is 18.9. The maximum Gasteiger partial charge on any atom is 0.317 e. The summed E-state index contributed by atoms with van der Waals surface area (Å²) < 4.78 is 1.57. The number of nitrogens with zero attached hydrogens (tertiary/aromatic N) is 4. The first-order valence-corrected chi connectivity index (χ1v) is 11.3. The Morgan fingerprint density at radius 3 is 2.76 bits per heavy atom. The van der Waals surface area contributed by atoms with Crippen molar-refractivity contribution in [3.8, 4) is 0 Å². The summed E-state index contributed by atoms with van der Waals surface area (Å²) in [7, 11) is 1.86. The maximum atomic E-state index is 12.8. The SMILES string of the molecule is CN(C(=O)NCc1cccc(NC(=O)Cn2cccn2)c1)C1CCCN(c2ccccc2)C1. The largest absolute Gasteiger partial charge is 0.369 e. The molecule has 3 amide bonds. The number of carbonyl (C=O) groups excluding carboxylic acids is 2. The molecule has 4 rings (SSSR count). The fourth-order valence-electron chi connectivity index (χ4n) is 4.11. The lowest BCUT2D eigenvalue weighted by Crippen LogP contribution is -2.51. The Labute approximate surface area is 194 Å². The fourth-order valence-corrected chi connectivity index (χ4v) is 4.11. The van der Waals surface area contributed by atoms with E-state index in [2.05, 4.69) is 32.8 Å². The first-order chi connectivity index (χ1) is 16.1. The van der Waals surface area contributed by atoms with Crippen molar-refractivity contribution in [3.63, 3.8) is 0 Å². The highest BCUT2D eigenvalue weighted by Crippen LogP contribution is 2.22. The minimum atomic E-state index is -0.153. The molecule has 1 fully saturated rings. The molecule has 3 aromatic rings. The van der Waals surface area contributed by atoms with E-state index in [-0.39, 0.29) is 24.5 Å². The third-order valence-electron chi connectivity index (χ3n) is 5.91. The first-order valence-electron chi connectivity index (χ1n) is 11.3. The Bertz CT molecular complexity index is 1050. The van der Waals surface area contributed by atoms with Crippen molar-refractivity contribution in [1.29, 1.82) is 0 Å². The van der Waals surface area contributed by atoms with E-state index in [0.29, 0.717) is 12.2 Å². The van der Waals surface area contributed by atoms with E-state index < -0.39 is 0 Å². The van der Waals surface area contributed by atoms with Gasteiger partial charge in [0.15, 0.2) is 0 Å². The van der Waals surface area contributed by atoms with Crippen molar-refractivity contribution in [1.82, 2.24) is 20.0 Å². The number of likely N-dealkylation sites (N-methyl/N-ethyl adjacent to an activating group) is 1. The van der Waals surface area contributed by atoms with Crippen molar-refractivity contribution < 1.29 is 9.59 Å². The van der Waals surface area contributed by atoms with Crippen LogP contribution in [0.3, 0.4) is 0 Å². The molecule has 1 unspecified atom stereocenters. The topological polar surface area (TPSA) is 82.5 Å². The summed E-state index contributed by atoms with van der Waals surface area (Å²) in [5, 5.41) is 9.93. The minimum Gasteiger partial charge on any atom is -0.369 e. The standard InChI is InChI=1S/C25H30N6O2/c1-29(23-12-6-14-30(18-23)22-10-3-2-4-11-22)25(33)26-17-20-8-5-9-21(16-20)28-24(32)19-31-15-7-13-27-31/h2-5,7-11,13,15-16,23H,6,12,14,17-19H2,1H3,(H,26,33)(H,28,32). The van der Waals surface area contributed by atoms with Crippen molar-refractivity contribution in [3.05, 3.63) is 78.6 Å². The van der Waals surface area contributed by atoms with Crippen LogP contribution in [0.5, 0.6) is 0 Å². The van der Waals surface area contributed by atoms with E-state index >= 15 is 0 Å². The number of rotatable bonds is 7. The maximum absolute atomic E-state index is 12.8. The Balaban J connectivity index is 1.28. The highest BCUT2D eigenvalue weighted by Gasteiger charge is 2.26. The van der Waals surface area contributed by atoms with Crippen molar-refractivity contribution in [2.24, 2.45) is 0 Å². The van der Waals surface area contributed by atoms with Gasteiger partial charge in [-0.25, -0.2) is 4.79 Å². The average Bonchev–Trinajstić information content (AvgIpc) is 3.36. The molecule has 8 heteroatoms. The van der Waals surface area contributed by atoms with Crippen LogP contribution in [0.25, 0.3) is 0 Å². The number of anilines is 2. The molecule has 2 N–H and O–H groups in total. The van der Waals surface area contributed by atoms with Gasteiger partial charge >= 0.3 is 6.03 Å². The van der Waals surface area contributed by atoms with Crippen LogP contribution in [-0.4, -0.2) is 52.8 Å². The number of para-hydroxylation sites is 1. The molecular weight excluding hydrogens is 416 g/mol. The minimum absolute atomic E-state index is 0.0944. The van der Waals surface area contributed by atoms with Crippen LogP contribution >= 0.6 is 0 Å². The number of urea groups is 1. The number of amides is 3. The third-order valence-corrected chi connectivity index (χ3v) is 5.91. The van der Waals surface area contributed by atoms with Crippen LogP contribution in [0.2, 0.25) is 0 Å². The second kappa shape index (κ2) is 10.7. The molecule has 2 heterocycles. The number of benzene rings is 2. The Hall–Kier alpha value is -3.81. The average molecular weight is 447 g/mol. The second-order valence-electron chi connectivity index (χ2n) is 8.30. The van der Waals surface area contributed by atoms with Gasteiger partial charge in [-0.15, -0.1) is 0 Å². The summed E-state index contributed by atoms with van der Waals surface area (Å²) in [5.41, 5.74) is 2.81. The molecule has 8 nitrogen and oxygen atoms in total. The number of piperidine rings is 1. The number of aromatic nitrogens is 2. The molecule has 1 aromatic heterocycles. The molecule has 0 spiro atoms. The van der Waals surface area contributed by atoms with Gasteiger partial charge in [0.2, 0.25) is 5.91 Å². The number of nitrogens with one attached hydrogen (secondary N) is 2. The zero-order valence-corrected chi connectivity index (χ0v) is 18.9. The van der Waals surface area contributed by atoms with E-state index in [4.69, 9.17) is 0 Å². The van der Waals surface area contributed by atoms with E-state index in [1.807, 2.05) is 54.4 Å². The lowest BCUT2D eigenvalue weighted by Gasteiger charge is -2.38. The lowest BCUT2D eigenvalue weighted by molar-refractivity contribution is -0.116. The predicted octanol–water partition coefficient (Wildman–Crippen LogP) is 3.33. The molecule has 33 heavy (non-hydrogen) atoms. The monoisotopic (exact) mass is 446 g/mol. The highest BCUT2D eigenvalue weighted by atomic mass is 16.2. The molecule has 2 aromatic carbocycles. The van der Waals surface area contributed by atoms with Crippen molar-refractivity contribution >= 4 is 23.3 Å². The van der Waals surface area contributed by atoms with Crippen LogP contribution < -0.4 is 15.5 Å². The summed E-state index contributed by atoms with van der Waals surface area (Å²) in [6.07, 6.45) is 5.43. The summed E-state index contributed by atoms with van der Waals surface area (Å²) in [5.74, 6) is -0.153. The van der Waals surface area contributed by atoms with E-state index in [1.54, 1.807) is 23.1 Å². The summed E-state index contributed by atoms with van der Waals surface area (Å²) in [4.78, 5) is 29.2. The normalized spacial score (nSPS) is 15.7. The van der Waals surface area contributed by atoms with E-state index in [9.17, 15) is 9.59 Å². The lowest BCUT2D eigenvalue weighted by atomic mass is 10.0. The van der Waals surface area contributed by atoms with Crippen LogP contribution in [-0.2, 0) is 17.9 Å². The second-order valence-corrected chi connectivity index (χ2v) is 8.30.